The van der Waals surface area contributed by atoms with E-state index in [0.717, 1.165) is 0 Å². The van der Waals surface area contributed by atoms with Crippen LogP contribution in [0.5, 0.6) is 5.75 Å². The average molecular weight is 416 g/mol. The molecule has 128 valence electrons. The fraction of sp³-hybridized carbons (Fsp3) is 0.312. The summed E-state index contributed by atoms with van der Waals surface area (Å²) in [6, 6.07) is 5.02. The number of carbonyl (C=O) groups excluding carboxylic acids is 2. The van der Waals surface area contributed by atoms with Crippen molar-refractivity contribution in [3.05, 3.63) is 32.8 Å². The Morgan fingerprint density at radius 1 is 1.42 bits per heavy atom. The third-order valence-corrected chi connectivity index (χ3v) is 3.60. The first-order valence-electron chi connectivity index (χ1n) is 6.91. The van der Waals surface area contributed by atoms with E-state index < -0.39 is 11.9 Å². The van der Waals surface area contributed by atoms with Gasteiger partial charge in [-0.15, -0.1) is 0 Å². The van der Waals surface area contributed by atoms with E-state index in [2.05, 4.69) is 15.9 Å². The highest BCUT2D eigenvalue weighted by Gasteiger charge is 2.14. The topological polar surface area (TPSA) is 79.6 Å². The number of nitrogens with zero attached hydrogens (tertiary/aromatic N) is 2. The number of benzene rings is 1. The van der Waals surface area contributed by atoms with Gasteiger partial charge in [-0.1, -0.05) is 11.6 Å². The fourth-order valence-corrected chi connectivity index (χ4v) is 2.67. The molecule has 24 heavy (non-hydrogen) atoms. The van der Waals surface area contributed by atoms with E-state index in [9.17, 15) is 9.59 Å². The van der Waals surface area contributed by atoms with Crippen molar-refractivity contribution in [3.63, 3.8) is 0 Å². The van der Waals surface area contributed by atoms with Gasteiger partial charge in [0.2, 0.25) is 0 Å². The first-order valence-corrected chi connectivity index (χ1v) is 8.08. The molecule has 0 atom stereocenters. The maximum atomic E-state index is 11.9. The Bertz CT molecular complexity index is 688. The van der Waals surface area contributed by atoms with Crippen LogP contribution >= 0.6 is 27.5 Å². The molecule has 0 aliphatic heterocycles. The highest BCUT2D eigenvalue weighted by molar-refractivity contribution is 9.10. The van der Waals surface area contributed by atoms with Crippen LogP contribution in [0.3, 0.4) is 0 Å². The Labute approximate surface area is 153 Å². The van der Waals surface area contributed by atoms with Crippen molar-refractivity contribution in [2.45, 2.75) is 6.92 Å². The first-order chi connectivity index (χ1) is 11.3. The monoisotopic (exact) mass is 414 g/mol. The summed E-state index contributed by atoms with van der Waals surface area (Å²) >= 11 is 9.45. The summed E-state index contributed by atoms with van der Waals surface area (Å²) in [5, 5.41) is 9.34. The molecular weight excluding hydrogens is 400 g/mol. The molecule has 0 saturated carbocycles. The van der Waals surface area contributed by atoms with E-state index in [4.69, 9.17) is 26.3 Å². The van der Waals surface area contributed by atoms with E-state index in [0.29, 0.717) is 10.0 Å². The van der Waals surface area contributed by atoms with Gasteiger partial charge in [0.15, 0.2) is 12.4 Å². The molecule has 0 bridgehead atoms. The van der Waals surface area contributed by atoms with Gasteiger partial charge in [0.05, 0.1) is 16.1 Å². The lowest BCUT2D eigenvalue weighted by Gasteiger charge is -2.11. The van der Waals surface area contributed by atoms with Crippen LogP contribution in [-0.4, -0.2) is 44.1 Å². The van der Waals surface area contributed by atoms with Crippen LogP contribution in [0.25, 0.3) is 6.08 Å². The summed E-state index contributed by atoms with van der Waals surface area (Å²) in [5.74, 6) is -0.639. The highest BCUT2D eigenvalue weighted by Crippen LogP contribution is 2.35. The van der Waals surface area contributed by atoms with Gasteiger partial charge in [-0.3, -0.25) is 4.79 Å². The van der Waals surface area contributed by atoms with Crippen LogP contribution in [-0.2, 0) is 14.3 Å². The van der Waals surface area contributed by atoms with Crippen molar-refractivity contribution < 1.29 is 19.1 Å². The number of nitriles is 1. The zero-order valence-corrected chi connectivity index (χ0v) is 15.8. The molecule has 0 unspecified atom stereocenters. The van der Waals surface area contributed by atoms with Crippen molar-refractivity contribution in [1.82, 2.24) is 4.90 Å². The molecule has 8 heteroatoms. The second-order valence-corrected chi connectivity index (χ2v) is 6.04. The smallest absolute Gasteiger partial charge is 0.344 e. The van der Waals surface area contributed by atoms with Gasteiger partial charge >= 0.3 is 5.97 Å². The van der Waals surface area contributed by atoms with Gasteiger partial charge in [0.1, 0.15) is 11.6 Å². The third-order valence-electron chi connectivity index (χ3n) is 2.73. The predicted molar refractivity (Wildman–Crippen MR) is 93.6 cm³/mol. The van der Waals surface area contributed by atoms with E-state index in [1.807, 2.05) is 6.07 Å². The maximum absolute atomic E-state index is 11.9. The van der Waals surface area contributed by atoms with Gasteiger partial charge < -0.3 is 14.4 Å². The minimum atomic E-state index is -0.507. The van der Waals surface area contributed by atoms with Crippen LogP contribution in [0.4, 0.5) is 0 Å². The van der Waals surface area contributed by atoms with Gasteiger partial charge in [-0.05, 0) is 46.6 Å². The summed E-state index contributed by atoms with van der Waals surface area (Å²) in [4.78, 5) is 24.5. The Hall–Kier alpha value is -2.04. The molecule has 0 fully saturated rings. The Kier molecular flexibility index (Phi) is 7.75. The molecular formula is C16H16BrClN2O4. The standard InChI is InChI=1S/C16H16BrClN2O4/c1-4-23-14(21)9-24-15-12(17)6-10(7-13(15)18)5-11(8-19)16(22)20(2)3/h5-7H,4,9H2,1-3H3/b11-5-. The normalized spacial score (nSPS) is 10.8. The Morgan fingerprint density at radius 3 is 2.58 bits per heavy atom. The van der Waals surface area contributed by atoms with Gasteiger partial charge in [-0.25, -0.2) is 4.79 Å². The predicted octanol–water partition coefficient (Wildman–Crippen LogP) is 3.04. The molecule has 0 N–H and O–H groups in total. The minimum absolute atomic E-state index is 0.0249. The van der Waals surface area contributed by atoms with Crippen LogP contribution in [0, 0.1) is 11.3 Å². The van der Waals surface area contributed by atoms with Crippen LogP contribution in [0.1, 0.15) is 12.5 Å². The summed E-state index contributed by atoms with van der Waals surface area (Å²) in [5.41, 5.74) is 0.519. The lowest BCUT2D eigenvalue weighted by atomic mass is 10.1. The number of halogens is 2. The number of likely N-dealkylation sites (N-methyl/N-ethyl adjacent to an activating group) is 1. The van der Waals surface area contributed by atoms with Gasteiger partial charge in [0.25, 0.3) is 5.91 Å². The SMILES string of the molecule is CCOC(=O)COc1c(Cl)cc(/C=C(/C#N)C(=O)N(C)C)cc1Br. The molecule has 0 heterocycles. The summed E-state index contributed by atoms with van der Waals surface area (Å²) < 4.78 is 10.6. The highest BCUT2D eigenvalue weighted by atomic mass is 79.9. The van der Waals surface area contributed by atoms with Crippen LogP contribution < -0.4 is 4.74 Å². The Morgan fingerprint density at radius 2 is 2.08 bits per heavy atom. The fourth-order valence-electron chi connectivity index (χ4n) is 1.68. The first kappa shape index (κ1) is 20.0. The van der Waals surface area contributed by atoms with E-state index in [1.165, 1.54) is 17.0 Å². The lowest BCUT2D eigenvalue weighted by molar-refractivity contribution is -0.145. The number of ether oxygens (including phenoxy) is 2. The molecule has 1 rings (SSSR count). The maximum Gasteiger partial charge on any atom is 0.344 e. The van der Waals surface area contributed by atoms with Crippen molar-refractivity contribution in [2.24, 2.45) is 0 Å². The molecule has 0 aliphatic rings. The number of hydrogen-bond acceptors (Lipinski definition) is 5. The van der Waals surface area contributed by atoms with Crippen LogP contribution in [0.15, 0.2) is 22.2 Å². The summed E-state index contributed by atoms with van der Waals surface area (Å²) in [6.45, 7) is 1.69. The lowest BCUT2D eigenvalue weighted by Crippen LogP contribution is -2.22. The average Bonchev–Trinajstić information content (AvgIpc) is 2.51. The molecule has 0 aromatic heterocycles. The second kappa shape index (κ2) is 9.30. The number of rotatable bonds is 6. The number of amides is 1. The quantitative estimate of drug-likeness (QED) is 0.405. The molecule has 1 amide bonds. The van der Waals surface area contributed by atoms with Crippen LogP contribution in [0.2, 0.25) is 5.02 Å². The molecule has 0 spiro atoms. The van der Waals surface area contributed by atoms with Gasteiger partial charge in [-0.2, -0.15) is 5.26 Å². The minimum Gasteiger partial charge on any atom is -0.479 e. The number of hydrogen-bond donors (Lipinski definition) is 0. The molecule has 6 nitrogen and oxygen atoms in total. The Balaban J connectivity index is 3.05. The van der Waals surface area contributed by atoms with Crippen molar-refractivity contribution in [1.29, 1.82) is 5.26 Å². The molecule has 1 aromatic carbocycles. The number of carbonyl (C=O) groups is 2. The summed E-state index contributed by atoms with van der Waals surface area (Å²) in [7, 11) is 3.12. The molecule has 0 saturated heterocycles. The summed E-state index contributed by atoms with van der Waals surface area (Å²) in [6.07, 6.45) is 1.42. The zero-order chi connectivity index (χ0) is 18.3. The molecule has 0 aliphatic carbocycles. The van der Waals surface area contributed by atoms with Gasteiger partial charge in [0, 0.05) is 14.1 Å². The molecule has 0 radical (unpaired) electrons. The van der Waals surface area contributed by atoms with Crippen molar-refractivity contribution in [2.75, 3.05) is 27.3 Å². The van der Waals surface area contributed by atoms with E-state index in [1.54, 1.807) is 27.1 Å². The largest absolute Gasteiger partial charge is 0.479 e. The zero-order valence-electron chi connectivity index (χ0n) is 13.4. The van der Waals surface area contributed by atoms with E-state index >= 15 is 0 Å². The second-order valence-electron chi connectivity index (χ2n) is 4.78. The van der Waals surface area contributed by atoms with Crippen molar-refractivity contribution in [3.8, 4) is 11.8 Å². The third kappa shape index (κ3) is 5.55. The number of esters is 1. The van der Waals surface area contributed by atoms with E-state index in [-0.39, 0.29) is 29.6 Å². The molecule has 1 aromatic rings. The van der Waals surface area contributed by atoms with Crippen molar-refractivity contribution >= 4 is 45.5 Å².